The quantitative estimate of drug-likeness (QED) is 0.797. The molecule has 2 amide bonds. The summed E-state index contributed by atoms with van der Waals surface area (Å²) in [5.74, 6) is 0.525. The van der Waals surface area contributed by atoms with Gasteiger partial charge in [-0.15, -0.1) is 12.4 Å². The van der Waals surface area contributed by atoms with Crippen LogP contribution in [-0.2, 0) is 16.0 Å². The molecule has 1 atom stereocenters. The van der Waals surface area contributed by atoms with E-state index in [4.69, 9.17) is 0 Å². The Balaban J connectivity index is 0.00000210. The summed E-state index contributed by atoms with van der Waals surface area (Å²) in [6.45, 7) is 5.99. The first-order valence-corrected chi connectivity index (χ1v) is 9.81. The van der Waals surface area contributed by atoms with Gasteiger partial charge in [0, 0.05) is 56.9 Å². The van der Waals surface area contributed by atoms with E-state index in [2.05, 4.69) is 15.5 Å². The third-order valence-corrected chi connectivity index (χ3v) is 5.71. The fourth-order valence-corrected chi connectivity index (χ4v) is 3.90. The molecule has 4 rings (SSSR count). The predicted molar refractivity (Wildman–Crippen MR) is 108 cm³/mol. The van der Waals surface area contributed by atoms with Crippen molar-refractivity contribution in [3.63, 3.8) is 0 Å². The normalized spacial score (nSPS) is 23.0. The van der Waals surface area contributed by atoms with Gasteiger partial charge >= 0.3 is 0 Å². The van der Waals surface area contributed by atoms with Gasteiger partial charge in [-0.2, -0.15) is 0 Å². The van der Waals surface area contributed by atoms with Gasteiger partial charge in [-0.25, -0.2) is 0 Å². The van der Waals surface area contributed by atoms with Crippen LogP contribution < -0.4 is 10.6 Å². The van der Waals surface area contributed by atoms with E-state index in [-0.39, 0.29) is 30.1 Å². The number of likely N-dealkylation sites (tertiary alicyclic amines) is 1. The highest BCUT2D eigenvalue weighted by Crippen LogP contribution is 2.30. The van der Waals surface area contributed by atoms with Crippen molar-refractivity contribution in [1.82, 2.24) is 15.1 Å². The van der Waals surface area contributed by atoms with Crippen molar-refractivity contribution in [2.45, 2.75) is 31.7 Å². The summed E-state index contributed by atoms with van der Waals surface area (Å²) in [5, 5.41) is 6.32. The smallest absolute Gasteiger partial charge is 0.227 e. The molecule has 3 aliphatic rings. The average Bonchev–Trinajstić information content (AvgIpc) is 3.41. The molecule has 0 radical (unpaired) electrons. The van der Waals surface area contributed by atoms with E-state index in [1.807, 2.05) is 29.2 Å². The number of benzene rings is 1. The topological polar surface area (TPSA) is 64.7 Å². The van der Waals surface area contributed by atoms with Crippen molar-refractivity contribution >= 4 is 29.9 Å². The van der Waals surface area contributed by atoms with Gasteiger partial charge in [0.05, 0.1) is 6.42 Å². The Labute approximate surface area is 167 Å². The van der Waals surface area contributed by atoms with Crippen LogP contribution in [0.1, 0.15) is 24.8 Å². The molecule has 3 fully saturated rings. The maximum atomic E-state index is 12.6. The molecule has 1 aromatic carbocycles. The highest BCUT2D eigenvalue weighted by molar-refractivity contribution is 5.94. The molecule has 0 spiro atoms. The summed E-state index contributed by atoms with van der Waals surface area (Å²) >= 11 is 0. The van der Waals surface area contributed by atoms with Crippen LogP contribution in [0.5, 0.6) is 0 Å². The Morgan fingerprint density at radius 1 is 1.04 bits per heavy atom. The molecule has 0 aromatic heterocycles. The summed E-state index contributed by atoms with van der Waals surface area (Å²) in [5.41, 5.74) is 1.82. The van der Waals surface area contributed by atoms with E-state index in [0.29, 0.717) is 12.5 Å². The average molecular weight is 393 g/mol. The van der Waals surface area contributed by atoms with Crippen LogP contribution in [0, 0.1) is 5.92 Å². The van der Waals surface area contributed by atoms with Gasteiger partial charge in [-0.05, 0) is 37.0 Å². The van der Waals surface area contributed by atoms with Crippen molar-refractivity contribution in [3.05, 3.63) is 29.8 Å². The molecule has 0 bridgehead atoms. The summed E-state index contributed by atoms with van der Waals surface area (Å²) < 4.78 is 0. The SMILES string of the molecule is Cl.O=C(Nc1ccc(CC(=O)N2CCC(N3CCNCC3)C2)cc1)C1CC1. The lowest BCUT2D eigenvalue weighted by atomic mass is 10.1. The molecule has 148 valence electrons. The Hall–Kier alpha value is -1.63. The van der Waals surface area contributed by atoms with Gasteiger partial charge in [0.25, 0.3) is 0 Å². The monoisotopic (exact) mass is 392 g/mol. The van der Waals surface area contributed by atoms with Crippen LogP contribution in [-0.4, -0.2) is 66.9 Å². The zero-order chi connectivity index (χ0) is 17.9. The maximum Gasteiger partial charge on any atom is 0.227 e. The highest BCUT2D eigenvalue weighted by atomic mass is 35.5. The van der Waals surface area contributed by atoms with E-state index in [1.165, 1.54) is 0 Å². The molecule has 1 saturated carbocycles. The number of halogens is 1. The number of carbonyl (C=O) groups excluding carboxylic acids is 2. The largest absolute Gasteiger partial charge is 0.341 e. The van der Waals surface area contributed by atoms with Gasteiger partial charge in [-0.3, -0.25) is 14.5 Å². The van der Waals surface area contributed by atoms with Gasteiger partial charge in [0.15, 0.2) is 0 Å². The number of nitrogens with one attached hydrogen (secondary N) is 2. The Morgan fingerprint density at radius 3 is 2.41 bits per heavy atom. The summed E-state index contributed by atoms with van der Waals surface area (Å²) in [7, 11) is 0. The molecule has 1 aromatic rings. The molecular formula is C20H29ClN4O2. The molecule has 2 aliphatic heterocycles. The molecule has 2 N–H and O–H groups in total. The number of hydrogen-bond acceptors (Lipinski definition) is 4. The standard InChI is InChI=1S/C20H28N4O2.ClH/c25-19(24-10-7-18(14-24)23-11-8-21-9-12-23)13-15-1-5-17(6-2-15)22-20(26)16-3-4-16;/h1-2,5-6,16,18,21H,3-4,7-14H2,(H,22,26);1H. The molecular weight excluding hydrogens is 364 g/mol. The third-order valence-electron chi connectivity index (χ3n) is 5.71. The van der Waals surface area contributed by atoms with Crippen LogP contribution in [0.25, 0.3) is 0 Å². The van der Waals surface area contributed by atoms with Crippen molar-refractivity contribution in [2.75, 3.05) is 44.6 Å². The molecule has 1 aliphatic carbocycles. The second kappa shape index (κ2) is 9.04. The van der Waals surface area contributed by atoms with Crippen molar-refractivity contribution in [2.24, 2.45) is 5.92 Å². The maximum absolute atomic E-state index is 12.6. The number of amides is 2. The van der Waals surface area contributed by atoms with Crippen LogP contribution in [0.15, 0.2) is 24.3 Å². The zero-order valence-electron chi connectivity index (χ0n) is 15.7. The molecule has 6 nitrogen and oxygen atoms in total. The minimum Gasteiger partial charge on any atom is -0.341 e. The Kier molecular flexibility index (Phi) is 6.73. The Morgan fingerprint density at radius 2 is 1.74 bits per heavy atom. The van der Waals surface area contributed by atoms with Gasteiger partial charge in [0.1, 0.15) is 0 Å². The first-order valence-electron chi connectivity index (χ1n) is 9.81. The fourth-order valence-electron chi connectivity index (χ4n) is 3.90. The lowest BCUT2D eigenvalue weighted by Crippen LogP contribution is -2.49. The second-order valence-electron chi connectivity index (χ2n) is 7.71. The second-order valence-corrected chi connectivity index (χ2v) is 7.71. The van der Waals surface area contributed by atoms with Crippen LogP contribution >= 0.6 is 12.4 Å². The van der Waals surface area contributed by atoms with Gasteiger partial charge in [-0.1, -0.05) is 12.1 Å². The van der Waals surface area contributed by atoms with Crippen LogP contribution in [0.4, 0.5) is 5.69 Å². The number of carbonyl (C=O) groups is 2. The summed E-state index contributed by atoms with van der Waals surface area (Å²) in [6, 6.07) is 8.21. The number of nitrogens with zero attached hydrogens (tertiary/aromatic N) is 2. The first-order chi connectivity index (χ1) is 12.7. The summed E-state index contributed by atoms with van der Waals surface area (Å²) in [4.78, 5) is 28.9. The van der Waals surface area contributed by atoms with Gasteiger partial charge < -0.3 is 15.5 Å². The molecule has 2 saturated heterocycles. The minimum atomic E-state index is 0. The predicted octanol–water partition coefficient (Wildman–Crippen LogP) is 1.51. The van der Waals surface area contributed by atoms with Crippen molar-refractivity contribution in [1.29, 1.82) is 0 Å². The minimum absolute atomic E-state index is 0. The van der Waals surface area contributed by atoms with Crippen molar-refractivity contribution < 1.29 is 9.59 Å². The van der Waals surface area contributed by atoms with E-state index in [9.17, 15) is 9.59 Å². The Bertz CT molecular complexity index is 656. The molecule has 1 unspecified atom stereocenters. The van der Waals surface area contributed by atoms with E-state index < -0.39 is 0 Å². The number of rotatable bonds is 5. The lowest BCUT2D eigenvalue weighted by molar-refractivity contribution is -0.129. The number of anilines is 1. The van der Waals surface area contributed by atoms with Crippen molar-refractivity contribution in [3.8, 4) is 0 Å². The van der Waals surface area contributed by atoms with E-state index in [0.717, 1.165) is 69.8 Å². The first kappa shape index (κ1) is 20.1. The zero-order valence-corrected chi connectivity index (χ0v) is 16.5. The fraction of sp³-hybridized carbons (Fsp3) is 0.600. The highest BCUT2D eigenvalue weighted by Gasteiger charge is 2.31. The third kappa shape index (κ3) is 5.21. The lowest BCUT2D eigenvalue weighted by Gasteiger charge is -2.32. The number of hydrogen-bond donors (Lipinski definition) is 2. The summed E-state index contributed by atoms with van der Waals surface area (Å²) in [6.07, 6.45) is 3.52. The number of piperazine rings is 1. The molecule has 27 heavy (non-hydrogen) atoms. The molecule has 2 heterocycles. The van der Waals surface area contributed by atoms with E-state index >= 15 is 0 Å². The van der Waals surface area contributed by atoms with Crippen LogP contribution in [0.3, 0.4) is 0 Å². The van der Waals surface area contributed by atoms with Gasteiger partial charge in [0.2, 0.25) is 11.8 Å². The molecule has 7 heteroatoms. The van der Waals surface area contributed by atoms with E-state index in [1.54, 1.807) is 0 Å². The van der Waals surface area contributed by atoms with Crippen LogP contribution in [0.2, 0.25) is 0 Å².